The third-order valence-electron chi connectivity index (χ3n) is 2.89. The maximum absolute atomic E-state index is 13.4. The summed E-state index contributed by atoms with van der Waals surface area (Å²) in [5, 5.41) is 12.6. The summed E-state index contributed by atoms with van der Waals surface area (Å²) >= 11 is 0. The first kappa shape index (κ1) is 15.5. The van der Waals surface area contributed by atoms with E-state index in [1.165, 1.54) is 0 Å². The van der Waals surface area contributed by atoms with Gasteiger partial charge in [-0.05, 0) is 32.0 Å². The van der Waals surface area contributed by atoms with Gasteiger partial charge in [0.2, 0.25) is 5.91 Å². The van der Waals surface area contributed by atoms with E-state index in [9.17, 15) is 18.7 Å². The second-order valence-electron chi connectivity index (χ2n) is 5.06. The van der Waals surface area contributed by atoms with Gasteiger partial charge in [-0.15, -0.1) is 0 Å². The van der Waals surface area contributed by atoms with Crippen LogP contribution in [0.3, 0.4) is 0 Å². The lowest BCUT2D eigenvalue weighted by atomic mass is 9.92. The summed E-state index contributed by atoms with van der Waals surface area (Å²) in [6.45, 7) is 3.53. The maximum atomic E-state index is 13.4. The van der Waals surface area contributed by atoms with Gasteiger partial charge in [-0.2, -0.15) is 0 Å². The predicted molar refractivity (Wildman–Crippen MR) is 67.2 cm³/mol. The zero-order valence-corrected chi connectivity index (χ0v) is 10.9. The van der Waals surface area contributed by atoms with Crippen LogP contribution in [0.4, 0.5) is 8.78 Å². The second kappa shape index (κ2) is 6.08. The lowest BCUT2D eigenvalue weighted by Gasteiger charge is -2.22. The molecule has 0 saturated carbocycles. The van der Waals surface area contributed by atoms with Crippen LogP contribution in [0, 0.1) is 17.0 Å². The summed E-state index contributed by atoms with van der Waals surface area (Å²) in [5.41, 5.74) is 4.29. The number of hydrogen-bond acceptors (Lipinski definition) is 3. The minimum Gasteiger partial charge on any atom is -0.387 e. The van der Waals surface area contributed by atoms with Crippen molar-refractivity contribution in [2.75, 3.05) is 13.1 Å². The molecule has 0 fully saturated rings. The molecule has 1 aromatic rings. The number of carbonyl (C=O) groups is 1. The van der Waals surface area contributed by atoms with E-state index in [0.717, 1.165) is 18.2 Å². The summed E-state index contributed by atoms with van der Waals surface area (Å²) < 4.78 is 26.3. The fourth-order valence-corrected chi connectivity index (χ4v) is 1.49. The van der Waals surface area contributed by atoms with Crippen LogP contribution in [0.25, 0.3) is 0 Å². The third-order valence-corrected chi connectivity index (χ3v) is 2.89. The van der Waals surface area contributed by atoms with Crippen molar-refractivity contribution in [3.63, 3.8) is 0 Å². The summed E-state index contributed by atoms with van der Waals surface area (Å²) in [7, 11) is 0. The Bertz CT molecular complexity index is 464. The molecule has 19 heavy (non-hydrogen) atoms. The molecule has 0 aliphatic heterocycles. The summed E-state index contributed by atoms with van der Waals surface area (Å²) in [4.78, 5) is 11.1. The molecule has 0 spiro atoms. The smallest absolute Gasteiger partial charge is 0.224 e. The number of nitrogens with two attached hydrogens (primary N) is 1. The van der Waals surface area contributed by atoms with Crippen molar-refractivity contribution in [2.24, 2.45) is 11.1 Å². The van der Waals surface area contributed by atoms with E-state index < -0.39 is 29.1 Å². The van der Waals surface area contributed by atoms with E-state index in [-0.39, 0.29) is 18.7 Å². The van der Waals surface area contributed by atoms with Crippen LogP contribution in [0.5, 0.6) is 0 Å². The van der Waals surface area contributed by atoms with Crippen LogP contribution in [0.2, 0.25) is 0 Å². The van der Waals surface area contributed by atoms with Gasteiger partial charge in [0, 0.05) is 18.7 Å². The van der Waals surface area contributed by atoms with Crippen molar-refractivity contribution in [3.8, 4) is 0 Å². The monoisotopic (exact) mass is 272 g/mol. The second-order valence-corrected chi connectivity index (χ2v) is 5.06. The van der Waals surface area contributed by atoms with E-state index in [1.54, 1.807) is 13.8 Å². The van der Waals surface area contributed by atoms with Crippen molar-refractivity contribution in [1.29, 1.82) is 0 Å². The molecule has 0 aromatic heterocycles. The number of aliphatic hydroxyl groups is 1. The number of aliphatic hydroxyl groups excluding tert-OH is 1. The van der Waals surface area contributed by atoms with E-state index in [0.29, 0.717) is 0 Å². The van der Waals surface area contributed by atoms with E-state index in [2.05, 4.69) is 5.32 Å². The quantitative estimate of drug-likeness (QED) is 0.726. The number of rotatable bonds is 6. The number of hydrogen-bond donors (Lipinski definition) is 3. The molecule has 1 atom stereocenters. The molecule has 1 rings (SSSR count). The van der Waals surface area contributed by atoms with E-state index in [1.807, 2.05) is 0 Å². The van der Waals surface area contributed by atoms with Crippen LogP contribution in [0.15, 0.2) is 18.2 Å². The molecule has 0 bridgehead atoms. The highest BCUT2D eigenvalue weighted by Crippen LogP contribution is 2.18. The van der Waals surface area contributed by atoms with Gasteiger partial charge in [0.1, 0.15) is 11.6 Å². The summed E-state index contributed by atoms with van der Waals surface area (Å²) in [5.74, 6) is -1.77. The van der Waals surface area contributed by atoms with Gasteiger partial charge in [-0.3, -0.25) is 4.79 Å². The Balaban J connectivity index is 2.59. The van der Waals surface area contributed by atoms with Crippen molar-refractivity contribution < 1.29 is 18.7 Å². The number of carbonyl (C=O) groups excluding carboxylic acids is 1. The van der Waals surface area contributed by atoms with Gasteiger partial charge in [0.25, 0.3) is 0 Å². The molecule has 1 amide bonds. The number of benzene rings is 1. The minimum atomic E-state index is -1.20. The standard InChI is InChI=1S/C13H18F2N2O2/c1-13(2,12(16)19)7-17-6-11(18)9-5-8(14)3-4-10(9)15/h3-5,11,17-18H,6-7H2,1-2H3,(H2,16,19). The van der Waals surface area contributed by atoms with Crippen LogP contribution < -0.4 is 11.1 Å². The first-order valence-electron chi connectivity index (χ1n) is 5.87. The van der Waals surface area contributed by atoms with Gasteiger partial charge in [0.15, 0.2) is 0 Å². The highest BCUT2D eigenvalue weighted by molar-refractivity contribution is 5.80. The lowest BCUT2D eigenvalue weighted by Crippen LogP contribution is -2.41. The molecule has 0 heterocycles. The van der Waals surface area contributed by atoms with Crippen molar-refractivity contribution >= 4 is 5.91 Å². The van der Waals surface area contributed by atoms with Gasteiger partial charge in [0.05, 0.1) is 11.5 Å². The zero-order valence-electron chi connectivity index (χ0n) is 10.9. The SMILES string of the molecule is CC(C)(CNCC(O)c1cc(F)ccc1F)C(N)=O. The largest absolute Gasteiger partial charge is 0.387 e. The summed E-state index contributed by atoms with van der Waals surface area (Å²) in [6.07, 6.45) is -1.20. The Hall–Kier alpha value is -1.53. The molecule has 0 aliphatic rings. The highest BCUT2D eigenvalue weighted by Gasteiger charge is 2.24. The van der Waals surface area contributed by atoms with Crippen molar-refractivity contribution in [2.45, 2.75) is 20.0 Å². The van der Waals surface area contributed by atoms with Crippen molar-refractivity contribution in [1.82, 2.24) is 5.32 Å². The first-order chi connectivity index (χ1) is 8.74. The highest BCUT2D eigenvalue weighted by atomic mass is 19.1. The fourth-order valence-electron chi connectivity index (χ4n) is 1.49. The van der Waals surface area contributed by atoms with Crippen LogP contribution in [-0.4, -0.2) is 24.1 Å². The molecule has 1 aromatic carbocycles. The number of amides is 1. The number of nitrogens with one attached hydrogen (secondary N) is 1. The van der Waals surface area contributed by atoms with Crippen LogP contribution in [0.1, 0.15) is 25.5 Å². The topological polar surface area (TPSA) is 75.3 Å². The first-order valence-corrected chi connectivity index (χ1v) is 5.87. The minimum absolute atomic E-state index is 0.00289. The summed E-state index contributed by atoms with van der Waals surface area (Å²) in [6, 6.07) is 2.89. The number of primary amides is 1. The van der Waals surface area contributed by atoms with E-state index >= 15 is 0 Å². The van der Waals surface area contributed by atoms with Crippen LogP contribution >= 0.6 is 0 Å². The van der Waals surface area contributed by atoms with Gasteiger partial charge in [-0.25, -0.2) is 8.78 Å². The predicted octanol–water partition coefficient (Wildman–Crippen LogP) is 1.10. The molecule has 4 N–H and O–H groups in total. The Labute approximate surface area is 110 Å². The van der Waals surface area contributed by atoms with Gasteiger partial charge >= 0.3 is 0 Å². The Morgan fingerprint density at radius 3 is 2.68 bits per heavy atom. The fraction of sp³-hybridized carbons (Fsp3) is 0.462. The van der Waals surface area contributed by atoms with Gasteiger partial charge < -0.3 is 16.2 Å². The molecule has 4 nitrogen and oxygen atoms in total. The molecule has 0 saturated heterocycles. The number of halogens is 2. The van der Waals surface area contributed by atoms with Crippen molar-refractivity contribution in [3.05, 3.63) is 35.4 Å². The maximum Gasteiger partial charge on any atom is 0.224 e. The Morgan fingerprint density at radius 1 is 1.47 bits per heavy atom. The molecule has 1 unspecified atom stereocenters. The molecule has 6 heteroatoms. The Morgan fingerprint density at radius 2 is 2.11 bits per heavy atom. The van der Waals surface area contributed by atoms with Crippen LogP contribution in [-0.2, 0) is 4.79 Å². The average Bonchev–Trinajstić information content (AvgIpc) is 2.31. The average molecular weight is 272 g/mol. The Kier molecular flexibility index (Phi) is 4.97. The van der Waals surface area contributed by atoms with Gasteiger partial charge in [-0.1, -0.05) is 0 Å². The molecule has 0 aliphatic carbocycles. The molecular weight excluding hydrogens is 254 g/mol. The molecule has 106 valence electrons. The zero-order chi connectivity index (χ0) is 14.6. The third kappa shape index (κ3) is 4.25. The lowest BCUT2D eigenvalue weighted by molar-refractivity contribution is -0.125. The molecular formula is C13H18F2N2O2. The normalized spacial score (nSPS) is 13.3. The molecule has 0 radical (unpaired) electrons. The van der Waals surface area contributed by atoms with E-state index in [4.69, 9.17) is 5.73 Å².